The first-order chi connectivity index (χ1) is 11.8. The fourth-order valence-corrected chi connectivity index (χ4v) is 4.27. The Kier molecular flexibility index (Phi) is 4.24. The van der Waals surface area contributed by atoms with Crippen LogP contribution in [0.15, 0.2) is 11.4 Å². The molecule has 4 heterocycles. The normalized spacial score (nSPS) is 18.5. The molecule has 24 heavy (non-hydrogen) atoms. The Bertz CT molecular complexity index is 733. The standard InChI is InChI=1S/C16H21N5O2S/c1-23-12-8-13(24-10-12)16(22)20-5-2-11(3-6-20)15-19-18-14-9-17-4-7-21(14)15/h8,10-11,17H,2-7,9H2,1H3. The molecule has 2 aliphatic rings. The van der Waals surface area contributed by atoms with Gasteiger partial charge in [0, 0.05) is 43.5 Å². The topological polar surface area (TPSA) is 72.3 Å². The number of ether oxygens (including phenoxy) is 1. The SMILES string of the molecule is COc1csc(C(=O)N2CCC(c3nnc4n3CCNC4)CC2)c1. The van der Waals surface area contributed by atoms with Gasteiger partial charge in [-0.3, -0.25) is 4.79 Å². The zero-order valence-electron chi connectivity index (χ0n) is 13.7. The summed E-state index contributed by atoms with van der Waals surface area (Å²) >= 11 is 1.44. The van der Waals surface area contributed by atoms with Crippen LogP contribution < -0.4 is 10.1 Å². The average Bonchev–Trinajstić information content (AvgIpc) is 3.28. The average molecular weight is 347 g/mol. The Morgan fingerprint density at radius 2 is 2.17 bits per heavy atom. The van der Waals surface area contributed by atoms with Crippen LogP contribution in [-0.4, -0.2) is 52.3 Å². The summed E-state index contributed by atoms with van der Waals surface area (Å²) in [7, 11) is 1.62. The highest BCUT2D eigenvalue weighted by Crippen LogP contribution is 2.30. The van der Waals surface area contributed by atoms with Crippen molar-refractivity contribution in [3.63, 3.8) is 0 Å². The summed E-state index contributed by atoms with van der Waals surface area (Å²) in [6.45, 7) is 4.24. The van der Waals surface area contributed by atoms with Crippen LogP contribution in [0.4, 0.5) is 0 Å². The van der Waals surface area contributed by atoms with Crippen molar-refractivity contribution in [1.82, 2.24) is 25.0 Å². The molecule has 128 valence electrons. The Morgan fingerprint density at radius 1 is 1.33 bits per heavy atom. The van der Waals surface area contributed by atoms with Gasteiger partial charge in [-0.2, -0.15) is 0 Å². The van der Waals surface area contributed by atoms with Gasteiger partial charge in [0.2, 0.25) is 0 Å². The minimum Gasteiger partial charge on any atom is -0.496 e. The third-order valence-electron chi connectivity index (χ3n) is 4.82. The number of nitrogens with zero attached hydrogens (tertiary/aromatic N) is 4. The summed E-state index contributed by atoms with van der Waals surface area (Å²) < 4.78 is 7.42. The third-order valence-corrected chi connectivity index (χ3v) is 5.72. The molecule has 2 aliphatic heterocycles. The predicted octanol–water partition coefficient (Wildman–Crippen LogP) is 1.47. The maximum atomic E-state index is 12.6. The van der Waals surface area contributed by atoms with Crippen molar-refractivity contribution in [2.24, 2.45) is 0 Å². The molecule has 8 heteroatoms. The number of carbonyl (C=O) groups excluding carboxylic acids is 1. The second-order valence-corrected chi connectivity index (χ2v) is 7.13. The van der Waals surface area contributed by atoms with E-state index in [1.807, 2.05) is 16.3 Å². The number of nitrogens with one attached hydrogen (secondary N) is 1. The van der Waals surface area contributed by atoms with Crippen molar-refractivity contribution < 1.29 is 9.53 Å². The summed E-state index contributed by atoms with van der Waals surface area (Å²) in [5, 5.41) is 13.9. The van der Waals surface area contributed by atoms with Crippen LogP contribution in [0.1, 0.15) is 40.1 Å². The molecular weight excluding hydrogens is 326 g/mol. The van der Waals surface area contributed by atoms with E-state index in [4.69, 9.17) is 4.74 Å². The lowest BCUT2D eigenvalue weighted by Gasteiger charge is -2.31. The number of hydrogen-bond acceptors (Lipinski definition) is 6. The van der Waals surface area contributed by atoms with Gasteiger partial charge in [-0.1, -0.05) is 0 Å². The number of hydrogen-bond donors (Lipinski definition) is 1. The molecule has 2 aromatic rings. The largest absolute Gasteiger partial charge is 0.496 e. The molecule has 0 atom stereocenters. The van der Waals surface area contributed by atoms with Gasteiger partial charge >= 0.3 is 0 Å². The first-order valence-electron chi connectivity index (χ1n) is 8.30. The summed E-state index contributed by atoms with van der Waals surface area (Å²) in [6.07, 6.45) is 1.89. The number of thiophene rings is 1. The minimum absolute atomic E-state index is 0.106. The van der Waals surface area contributed by atoms with E-state index >= 15 is 0 Å². The minimum atomic E-state index is 0.106. The molecule has 0 spiro atoms. The summed E-state index contributed by atoms with van der Waals surface area (Å²) in [4.78, 5) is 15.3. The molecule has 1 saturated heterocycles. The summed E-state index contributed by atoms with van der Waals surface area (Å²) in [5.41, 5.74) is 0. The molecule has 0 aliphatic carbocycles. The highest BCUT2D eigenvalue weighted by molar-refractivity contribution is 7.12. The van der Waals surface area contributed by atoms with E-state index in [1.165, 1.54) is 11.3 Å². The highest BCUT2D eigenvalue weighted by atomic mass is 32.1. The molecule has 0 bridgehead atoms. The second-order valence-electron chi connectivity index (χ2n) is 6.22. The lowest BCUT2D eigenvalue weighted by Crippen LogP contribution is -2.38. The van der Waals surface area contributed by atoms with Crippen molar-refractivity contribution in [2.45, 2.75) is 31.8 Å². The van der Waals surface area contributed by atoms with Gasteiger partial charge in [-0.05, 0) is 12.8 Å². The molecule has 2 aromatic heterocycles. The molecule has 0 unspecified atom stereocenters. The van der Waals surface area contributed by atoms with E-state index in [2.05, 4.69) is 20.1 Å². The highest BCUT2D eigenvalue weighted by Gasteiger charge is 2.29. The summed E-state index contributed by atoms with van der Waals surface area (Å²) in [5.74, 6) is 3.37. The zero-order chi connectivity index (χ0) is 16.5. The molecule has 1 amide bonds. The predicted molar refractivity (Wildman–Crippen MR) is 90.5 cm³/mol. The molecule has 0 aromatic carbocycles. The van der Waals surface area contributed by atoms with Gasteiger partial charge in [0.1, 0.15) is 17.4 Å². The van der Waals surface area contributed by atoms with E-state index in [-0.39, 0.29) is 5.91 Å². The Morgan fingerprint density at radius 3 is 2.92 bits per heavy atom. The number of methoxy groups -OCH3 is 1. The second kappa shape index (κ2) is 6.52. The fourth-order valence-electron chi connectivity index (χ4n) is 3.45. The van der Waals surface area contributed by atoms with Gasteiger partial charge in [0.05, 0.1) is 18.5 Å². The summed E-state index contributed by atoms with van der Waals surface area (Å²) in [6, 6.07) is 1.82. The van der Waals surface area contributed by atoms with E-state index in [0.29, 0.717) is 5.92 Å². The number of amides is 1. The zero-order valence-corrected chi connectivity index (χ0v) is 14.5. The number of fused-ring (bicyclic) bond motifs is 1. The number of piperidine rings is 1. The van der Waals surface area contributed by atoms with E-state index < -0.39 is 0 Å². The van der Waals surface area contributed by atoms with Gasteiger partial charge in [-0.25, -0.2) is 0 Å². The lowest BCUT2D eigenvalue weighted by molar-refractivity contribution is 0.0715. The van der Waals surface area contributed by atoms with Gasteiger partial charge in [0.25, 0.3) is 5.91 Å². The smallest absolute Gasteiger partial charge is 0.264 e. The molecule has 4 rings (SSSR count). The Labute approximate surface area is 144 Å². The van der Waals surface area contributed by atoms with Crippen molar-refractivity contribution >= 4 is 17.2 Å². The van der Waals surface area contributed by atoms with Crippen molar-refractivity contribution in [3.8, 4) is 5.75 Å². The van der Waals surface area contributed by atoms with Crippen LogP contribution in [0.5, 0.6) is 5.75 Å². The van der Waals surface area contributed by atoms with E-state index in [1.54, 1.807) is 7.11 Å². The van der Waals surface area contributed by atoms with Crippen molar-refractivity contribution in [2.75, 3.05) is 26.7 Å². The first-order valence-corrected chi connectivity index (χ1v) is 9.18. The molecular formula is C16H21N5O2S. The molecule has 7 nitrogen and oxygen atoms in total. The van der Waals surface area contributed by atoms with Gasteiger partial charge in [0.15, 0.2) is 0 Å². The Balaban J connectivity index is 1.41. The number of likely N-dealkylation sites (tertiary alicyclic amines) is 1. The Hall–Kier alpha value is -1.93. The first kappa shape index (κ1) is 15.6. The molecule has 1 N–H and O–H groups in total. The third kappa shape index (κ3) is 2.80. The van der Waals surface area contributed by atoms with E-state index in [9.17, 15) is 4.79 Å². The van der Waals surface area contributed by atoms with Crippen LogP contribution in [0.25, 0.3) is 0 Å². The van der Waals surface area contributed by atoms with Crippen molar-refractivity contribution in [1.29, 1.82) is 0 Å². The van der Waals surface area contributed by atoms with Gasteiger partial charge in [-0.15, -0.1) is 21.5 Å². The lowest BCUT2D eigenvalue weighted by atomic mass is 9.95. The monoisotopic (exact) mass is 347 g/mol. The van der Waals surface area contributed by atoms with Crippen molar-refractivity contribution in [3.05, 3.63) is 28.0 Å². The van der Waals surface area contributed by atoms with Crippen LogP contribution in [0.3, 0.4) is 0 Å². The number of carbonyl (C=O) groups is 1. The van der Waals surface area contributed by atoms with Crippen LogP contribution in [0, 0.1) is 0 Å². The number of rotatable bonds is 3. The molecule has 0 radical (unpaired) electrons. The fraction of sp³-hybridized carbons (Fsp3) is 0.562. The van der Waals surface area contributed by atoms with E-state index in [0.717, 1.165) is 67.8 Å². The molecule has 1 fully saturated rings. The van der Waals surface area contributed by atoms with Crippen LogP contribution in [0.2, 0.25) is 0 Å². The maximum absolute atomic E-state index is 12.6. The molecule has 0 saturated carbocycles. The maximum Gasteiger partial charge on any atom is 0.264 e. The van der Waals surface area contributed by atoms with Crippen LogP contribution >= 0.6 is 11.3 Å². The quantitative estimate of drug-likeness (QED) is 0.910. The number of aromatic nitrogens is 3. The van der Waals surface area contributed by atoms with Crippen LogP contribution in [-0.2, 0) is 13.1 Å². The van der Waals surface area contributed by atoms with Gasteiger partial charge < -0.3 is 19.5 Å².